The summed E-state index contributed by atoms with van der Waals surface area (Å²) in [4.78, 5) is 30.3. The summed E-state index contributed by atoms with van der Waals surface area (Å²) in [5, 5.41) is 3.76. The first-order chi connectivity index (χ1) is 15.1. The topological polar surface area (TPSA) is 57.6 Å². The van der Waals surface area contributed by atoms with Gasteiger partial charge in [0.2, 0.25) is 0 Å². The van der Waals surface area contributed by atoms with Crippen molar-refractivity contribution in [2.24, 2.45) is 13.0 Å². The number of carbonyl (C=O) groups is 1. The van der Waals surface area contributed by atoms with Gasteiger partial charge >= 0.3 is 0 Å². The molecule has 3 aromatic rings. The Morgan fingerprint density at radius 3 is 2.55 bits per heavy atom. The molecule has 6 nitrogen and oxygen atoms in total. The van der Waals surface area contributed by atoms with Crippen molar-refractivity contribution in [3.63, 3.8) is 0 Å². The third-order valence-corrected chi connectivity index (χ3v) is 6.45. The fourth-order valence-electron chi connectivity index (χ4n) is 4.43. The highest BCUT2D eigenvalue weighted by Gasteiger charge is 2.26. The number of benzene rings is 2. The number of amides is 1. The second-order valence-electron chi connectivity index (χ2n) is 8.71. The Morgan fingerprint density at radius 1 is 1.00 bits per heavy atom. The fourth-order valence-corrected chi connectivity index (χ4v) is 4.43. The summed E-state index contributed by atoms with van der Waals surface area (Å²) in [5.41, 5.74) is 2.82. The van der Waals surface area contributed by atoms with Gasteiger partial charge in [0, 0.05) is 62.6 Å². The normalized spacial score (nSPS) is 17.1. The second-order valence-corrected chi connectivity index (χ2v) is 8.71. The van der Waals surface area contributed by atoms with E-state index in [1.807, 2.05) is 42.5 Å². The number of hydrogen-bond acceptors (Lipinski definition) is 4. The Kier molecular flexibility index (Phi) is 5.24. The lowest BCUT2D eigenvalue weighted by atomic mass is 10.1. The first-order valence-corrected chi connectivity index (χ1v) is 11.1. The highest BCUT2D eigenvalue weighted by Crippen LogP contribution is 2.30. The zero-order chi connectivity index (χ0) is 21.4. The lowest BCUT2D eigenvalue weighted by Gasteiger charge is -2.36. The van der Waals surface area contributed by atoms with Crippen LogP contribution in [0.15, 0.2) is 59.4 Å². The van der Waals surface area contributed by atoms with E-state index in [4.69, 9.17) is 0 Å². The second kappa shape index (κ2) is 8.19. The van der Waals surface area contributed by atoms with Gasteiger partial charge in [-0.2, -0.15) is 0 Å². The predicted octanol–water partition coefficient (Wildman–Crippen LogP) is 3.32. The molecular formula is C25H28N4O2. The van der Waals surface area contributed by atoms with E-state index in [9.17, 15) is 9.59 Å². The Morgan fingerprint density at radius 2 is 1.77 bits per heavy atom. The molecule has 0 spiro atoms. The first kappa shape index (κ1) is 19.8. The standard InChI is InChI=1S/C25H28N4O2/c1-27-23-8-3-2-7-21(23)22(16-24(27)30)25(31)26-19-5-4-6-20(15-19)29-13-11-28(12-14-29)17-18-9-10-18/h2-8,15-16,18H,9-14,17H2,1H3,(H,26,31). The van der Waals surface area contributed by atoms with Crippen LogP contribution in [0.2, 0.25) is 0 Å². The van der Waals surface area contributed by atoms with Crippen LogP contribution in [0.5, 0.6) is 0 Å². The zero-order valence-electron chi connectivity index (χ0n) is 17.9. The van der Waals surface area contributed by atoms with Gasteiger partial charge in [-0.05, 0) is 43.0 Å². The molecule has 0 radical (unpaired) electrons. The molecule has 31 heavy (non-hydrogen) atoms. The molecule has 6 heteroatoms. The highest BCUT2D eigenvalue weighted by atomic mass is 16.2. The van der Waals surface area contributed by atoms with Gasteiger partial charge in [-0.15, -0.1) is 0 Å². The maximum absolute atomic E-state index is 13.1. The van der Waals surface area contributed by atoms with Crippen molar-refractivity contribution in [2.45, 2.75) is 12.8 Å². The minimum atomic E-state index is -0.264. The number of aryl methyl sites for hydroxylation is 1. The number of nitrogens with zero attached hydrogens (tertiary/aromatic N) is 3. The smallest absolute Gasteiger partial charge is 0.256 e. The van der Waals surface area contributed by atoms with Crippen LogP contribution in [-0.4, -0.2) is 48.1 Å². The highest BCUT2D eigenvalue weighted by molar-refractivity contribution is 6.12. The fraction of sp³-hybridized carbons (Fsp3) is 0.360. The average molecular weight is 417 g/mol. The maximum atomic E-state index is 13.1. The average Bonchev–Trinajstić information content (AvgIpc) is 3.61. The summed E-state index contributed by atoms with van der Waals surface area (Å²) in [6.07, 6.45) is 2.79. The van der Waals surface area contributed by atoms with Gasteiger partial charge in [-0.25, -0.2) is 0 Å². The van der Waals surface area contributed by atoms with Gasteiger partial charge in [0.1, 0.15) is 0 Å². The third kappa shape index (κ3) is 4.21. The minimum absolute atomic E-state index is 0.193. The number of fused-ring (bicyclic) bond motifs is 1. The minimum Gasteiger partial charge on any atom is -0.369 e. The van der Waals surface area contributed by atoms with Crippen LogP contribution in [0.25, 0.3) is 10.9 Å². The molecule has 0 atom stereocenters. The van der Waals surface area contributed by atoms with Gasteiger partial charge in [0.25, 0.3) is 11.5 Å². The molecule has 160 valence electrons. The Balaban J connectivity index is 1.32. The SMILES string of the molecule is Cn1c(=O)cc(C(=O)Nc2cccc(N3CCN(CC4CC4)CC3)c2)c2ccccc21. The number of nitrogens with one attached hydrogen (secondary N) is 1. The molecule has 5 rings (SSSR count). The van der Waals surface area contributed by atoms with Gasteiger partial charge in [-0.3, -0.25) is 14.5 Å². The monoisotopic (exact) mass is 416 g/mol. The first-order valence-electron chi connectivity index (χ1n) is 11.1. The summed E-state index contributed by atoms with van der Waals surface area (Å²) in [6, 6.07) is 16.9. The Labute approximate surface area is 182 Å². The molecule has 2 aliphatic rings. The lowest BCUT2D eigenvalue weighted by molar-refractivity contribution is 0.102. The molecule has 1 aromatic heterocycles. The largest absolute Gasteiger partial charge is 0.369 e. The van der Waals surface area contributed by atoms with E-state index in [1.165, 1.54) is 25.5 Å². The molecule has 2 aromatic carbocycles. The molecule has 1 aliphatic carbocycles. The van der Waals surface area contributed by atoms with Gasteiger partial charge in [-0.1, -0.05) is 24.3 Å². The van der Waals surface area contributed by atoms with Crippen LogP contribution in [0.4, 0.5) is 11.4 Å². The van der Waals surface area contributed by atoms with E-state index in [1.54, 1.807) is 11.6 Å². The van der Waals surface area contributed by atoms with Gasteiger partial charge in [0.05, 0.1) is 11.1 Å². The summed E-state index contributed by atoms with van der Waals surface area (Å²) < 4.78 is 1.57. The van der Waals surface area contributed by atoms with Crippen molar-refractivity contribution in [3.05, 3.63) is 70.5 Å². The number of anilines is 2. The molecule has 0 bridgehead atoms. The molecule has 2 fully saturated rings. The van der Waals surface area contributed by atoms with Crippen molar-refractivity contribution >= 4 is 28.2 Å². The van der Waals surface area contributed by atoms with Crippen LogP contribution in [-0.2, 0) is 7.05 Å². The number of piperazine rings is 1. The van der Waals surface area contributed by atoms with Crippen LogP contribution >= 0.6 is 0 Å². The maximum Gasteiger partial charge on any atom is 0.256 e. The number of para-hydroxylation sites is 1. The van der Waals surface area contributed by atoms with Crippen molar-refractivity contribution in [1.82, 2.24) is 9.47 Å². The van der Waals surface area contributed by atoms with E-state index < -0.39 is 0 Å². The van der Waals surface area contributed by atoms with E-state index in [0.717, 1.165) is 54.4 Å². The van der Waals surface area contributed by atoms with E-state index in [0.29, 0.717) is 5.56 Å². The Hall–Kier alpha value is -3.12. The van der Waals surface area contributed by atoms with Crippen LogP contribution in [0, 0.1) is 5.92 Å². The summed E-state index contributed by atoms with van der Waals surface area (Å²) in [7, 11) is 1.72. The van der Waals surface area contributed by atoms with Crippen LogP contribution < -0.4 is 15.8 Å². The molecule has 1 aliphatic heterocycles. The zero-order valence-corrected chi connectivity index (χ0v) is 17.9. The lowest BCUT2D eigenvalue weighted by Crippen LogP contribution is -2.47. The summed E-state index contributed by atoms with van der Waals surface area (Å²) in [5.74, 6) is 0.663. The van der Waals surface area contributed by atoms with Crippen LogP contribution in [0.3, 0.4) is 0 Å². The molecule has 1 saturated heterocycles. The van der Waals surface area contributed by atoms with E-state index in [2.05, 4.69) is 21.2 Å². The number of aromatic nitrogens is 1. The van der Waals surface area contributed by atoms with Gasteiger partial charge < -0.3 is 14.8 Å². The van der Waals surface area contributed by atoms with Crippen molar-refractivity contribution in [2.75, 3.05) is 42.9 Å². The third-order valence-electron chi connectivity index (χ3n) is 6.45. The van der Waals surface area contributed by atoms with Crippen molar-refractivity contribution in [1.29, 1.82) is 0 Å². The predicted molar refractivity (Wildman–Crippen MR) is 125 cm³/mol. The van der Waals surface area contributed by atoms with Gasteiger partial charge in [0.15, 0.2) is 0 Å². The molecule has 1 amide bonds. The van der Waals surface area contributed by atoms with Crippen LogP contribution in [0.1, 0.15) is 23.2 Å². The molecule has 2 heterocycles. The number of rotatable bonds is 5. The van der Waals surface area contributed by atoms with E-state index in [-0.39, 0.29) is 11.5 Å². The summed E-state index contributed by atoms with van der Waals surface area (Å²) in [6.45, 7) is 5.43. The molecular weight excluding hydrogens is 388 g/mol. The number of pyridine rings is 1. The number of carbonyl (C=O) groups excluding carboxylic acids is 1. The van der Waals surface area contributed by atoms with E-state index >= 15 is 0 Å². The molecule has 1 N–H and O–H groups in total. The van der Waals surface area contributed by atoms with Crippen molar-refractivity contribution in [3.8, 4) is 0 Å². The van der Waals surface area contributed by atoms with Crippen molar-refractivity contribution < 1.29 is 4.79 Å². The Bertz CT molecular complexity index is 1170. The number of hydrogen-bond donors (Lipinski definition) is 1. The molecule has 1 saturated carbocycles. The molecule has 0 unspecified atom stereocenters. The quantitative estimate of drug-likeness (QED) is 0.693. The summed E-state index contributed by atoms with van der Waals surface area (Å²) >= 11 is 0.